The monoisotopic (exact) mass is 353 g/mol. The molecule has 1 atom stereocenters. The third kappa shape index (κ3) is 3.59. The molecule has 0 saturated carbocycles. The van der Waals surface area contributed by atoms with Crippen molar-refractivity contribution < 1.29 is 18.7 Å². The van der Waals surface area contributed by atoms with E-state index >= 15 is 0 Å². The van der Waals surface area contributed by atoms with Crippen LogP contribution in [0.3, 0.4) is 0 Å². The summed E-state index contributed by atoms with van der Waals surface area (Å²) in [4.78, 5) is 36.5. The number of rotatable bonds is 6. The number of ketones is 1. The molecule has 0 aliphatic rings. The van der Waals surface area contributed by atoms with Crippen LogP contribution in [0, 0.1) is 0 Å². The molecule has 6 nitrogen and oxygen atoms in total. The Morgan fingerprint density at radius 1 is 1.12 bits per heavy atom. The van der Waals surface area contributed by atoms with Gasteiger partial charge in [0.2, 0.25) is 5.78 Å². The number of carbonyl (C=O) groups excluding carboxylic acids is 2. The van der Waals surface area contributed by atoms with Gasteiger partial charge in [-0.05, 0) is 31.0 Å². The number of benzene rings is 2. The van der Waals surface area contributed by atoms with Gasteiger partial charge in [-0.2, -0.15) is 0 Å². The molecule has 0 spiro atoms. The smallest absolute Gasteiger partial charge is 0.420 e. The average molecular weight is 353 g/mol. The molecule has 134 valence electrons. The van der Waals surface area contributed by atoms with Gasteiger partial charge in [0.15, 0.2) is 11.7 Å². The lowest BCUT2D eigenvalue weighted by Crippen LogP contribution is -2.28. The van der Waals surface area contributed by atoms with Crippen molar-refractivity contribution in [2.45, 2.75) is 32.9 Å². The van der Waals surface area contributed by atoms with Gasteiger partial charge < -0.3 is 9.15 Å². The fourth-order valence-electron chi connectivity index (χ4n) is 2.72. The highest BCUT2D eigenvalue weighted by molar-refractivity contribution is 6.00. The topological polar surface area (TPSA) is 78.5 Å². The lowest BCUT2D eigenvalue weighted by atomic mass is 10.0. The Morgan fingerprint density at radius 3 is 2.50 bits per heavy atom. The van der Waals surface area contributed by atoms with Crippen LogP contribution in [0.1, 0.15) is 29.8 Å². The van der Waals surface area contributed by atoms with Crippen LogP contribution in [-0.4, -0.2) is 22.4 Å². The summed E-state index contributed by atoms with van der Waals surface area (Å²) in [5.74, 6) is -1.60. The van der Waals surface area contributed by atoms with E-state index in [1.54, 1.807) is 36.4 Å². The lowest BCUT2D eigenvalue weighted by molar-refractivity contribution is -0.147. The summed E-state index contributed by atoms with van der Waals surface area (Å²) in [6.07, 6.45) is -0.0595. The Hall–Kier alpha value is -3.15. The highest BCUT2D eigenvalue weighted by atomic mass is 16.5. The maximum Gasteiger partial charge on any atom is 0.420 e. The molecule has 0 amide bonds. The van der Waals surface area contributed by atoms with Crippen LogP contribution in [0.2, 0.25) is 0 Å². The van der Waals surface area contributed by atoms with Crippen LogP contribution >= 0.6 is 0 Å². The molecule has 1 aromatic heterocycles. The average Bonchev–Trinajstić information content (AvgIpc) is 2.96. The first-order chi connectivity index (χ1) is 12.5. The number of esters is 1. The van der Waals surface area contributed by atoms with Crippen molar-refractivity contribution in [1.29, 1.82) is 0 Å². The van der Waals surface area contributed by atoms with Gasteiger partial charge in [-0.25, -0.2) is 4.79 Å². The number of fused-ring (bicyclic) bond motifs is 1. The van der Waals surface area contributed by atoms with Gasteiger partial charge in [-0.1, -0.05) is 43.3 Å². The standard InChI is InChI=1S/C20H19NO5/c1-3-14-8-10-15(11-9-14)19(23)13(2)25-18(22)12-21-16-6-4-5-7-17(16)26-20(21)24/h4-11,13H,3,12H2,1-2H3/t13-/m1/s1. The van der Waals surface area contributed by atoms with E-state index in [1.807, 2.05) is 19.1 Å². The van der Waals surface area contributed by atoms with Gasteiger partial charge in [0.25, 0.3) is 0 Å². The fourth-order valence-corrected chi connectivity index (χ4v) is 2.72. The summed E-state index contributed by atoms with van der Waals surface area (Å²) < 4.78 is 11.5. The summed E-state index contributed by atoms with van der Waals surface area (Å²) in [5, 5.41) is 0. The third-order valence-electron chi connectivity index (χ3n) is 4.19. The van der Waals surface area contributed by atoms with Gasteiger partial charge in [0, 0.05) is 5.56 Å². The zero-order valence-corrected chi connectivity index (χ0v) is 14.6. The summed E-state index contributed by atoms with van der Waals surface area (Å²) >= 11 is 0. The zero-order chi connectivity index (χ0) is 18.7. The quantitative estimate of drug-likeness (QED) is 0.503. The Bertz CT molecular complexity index is 997. The number of hydrogen-bond acceptors (Lipinski definition) is 5. The molecule has 1 heterocycles. The van der Waals surface area contributed by atoms with Gasteiger partial charge >= 0.3 is 11.7 Å². The third-order valence-corrected chi connectivity index (χ3v) is 4.19. The molecule has 26 heavy (non-hydrogen) atoms. The van der Waals surface area contributed by atoms with Crippen LogP contribution in [0.25, 0.3) is 11.1 Å². The van der Waals surface area contributed by atoms with E-state index in [0.29, 0.717) is 16.7 Å². The summed E-state index contributed by atoms with van der Waals surface area (Å²) in [7, 11) is 0. The van der Waals surface area contributed by atoms with E-state index in [9.17, 15) is 14.4 Å². The molecule has 0 unspecified atom stereocenters. The molecular formula is C20H19NO5. The molecule has 0 bridgehead atoms. The van der Waals surface area contributed by atoms with Crippen LogP contribution in [0.15, 0.2) is 57.7 Å². The van der Waals surface area contributed by atoms with Crippen LogP contribution < -0.4 is 5.76 Å². The second-order valence-electron chi connectivity index (χ2n) is 5.97. The van der Waals surface area contributed by atoms with Crippen LogP contribution in [0.4, 0.5) is 0 Å². The highest BCUT2D eigenvalue weighted by Gasteiger charge is 2.21. The molecule has 0 fully saturated rings. The molecule has 0 aliphatic heterocycles. The molecule has 3 aromatic rings. The van der Waals surface area contributed by atoms with Crippen molar-refractivity contribution in [1.82, 2.24) is 4.57 Å². The van der Waals surface area contributed by atoms with Crippen molar-refractivity contribution in [2.24, 2.45) is 0 Å². The SMILES string of the molecule is CCc1ccc(C(=O)[C@@H](C)OC(=O)Cn2c(=O)oc3ccccc32)cc1. The van der Waals surface area contributed by atoms with E-state index < -0.39 is 17.8 Å². The Kier molecular flexibility index (Phi) is 5.02. The summed E-state index contributed by atoms with van der Waals surface area (Å²) in [6, 6.07) is 14.0. The Balaban J connectivity index is 1.69. The summed E-state index contributed by atoms with van der Waals surface area (Å²) in [6.45, 7) is 3.23. The van der Waals surface area contributed by atoms with E-state index in [2.05, 4.69) is 0 Å². The van der Waals surface area contributed by atoms with Crippen molar-refractivity contribution in [3.8, 4) is 0 Å². The molecule has 0 saturated heterocycles. The predicted molar refractivity (Wildman–Crippen MR) is 96.2 cm³/mol. The van der Waals surface area contributed by atoms with Crippen molar-refractivity contribution in [3.63, 3.8) is 0 Å². The van der Waals surface area contributed by atoms with Gasteiger partial charge in [0.05, 0.1) is 5.52 Å². The number of Topliss-reactive ketones (excluding diaryl/α,β-unsaturated/α-hetero) is 1. The molecular weight excluding hydrogens is 334 g/mol. The number of hydrogen-bond donors (Lipinski definition) is 0. The first-order valence-electron chi connectivity index (χ1n) is 8.40. The molecule has 3 rings (SSSR count). The van der Waals surface area contributed by atoms with E-state index in [0.717, 1.165) is 12.0 Å². The Labute approximate surface area is 150 Å². The molecule has 2 aromatic carbocycles. The minimum atomic E-state index is -0.941. The van der Waals surface area contributed by atoms with Crippen LogP contribution in [0.5, 0.6) is 0 Å². The van der Waals surface area contributed by atoms with Gasteiger partial charge in [0.1, 0.15) is 6.54 Å². The largest absolute Gasteiger partial charge is 0.453 e. The fraction of sp³-hybridized carbons (Fsp3) is 0.250. The van der Waals surface area contributed by atoms with Gasteiger partial charge in [-0.15, -0.1) is 0 Å². The van der Waals surface area contributed by atoms with Crippen molar-refractivity contribution >= 4 is 22.9 Å². The maximum absolute atomic E-state index is 12.4. The number of oxazole rings is 1. The normalized spacial score (nSPS) is 12.1. The number of para-hydroxylation sites is 2. The zero-order valence-electron chi connectivity index (χ0n) is 14.6. The number of nitrogens with zero attached hydrogens (tertiary/aromatic N) is 1. The Morgan fingerprint density at radius 2 is 1.81 bits per heavy atom. The maximum atomic E-state index is 12.4. The van der Waals surface area contributed by atoms with Crippen molar-refractivity contribution in [3.05, 3.63) is 70.2 Å². The lowest BCUT2D eigenvalue weighted by Gasteiger charge is -2.12. The van der Waals surface area contributed by atoms with Crippen molar-refractivity contribution in [2.75, 3.05) is 0 Å². The minimum absolute atomic E-state index is 0.287. The number of ether oxygens (including phenoxy) is 1. The number of aryl methyl sites for hydroxylation is 1. The second-order valence-corrected chi connectivity index (χ2v) is 5.97. The minimum Gasteiger partial charge on any atom is -0.453 e. The van der Waals surface area contributed by atoms with E-state index in [-0.39, 0.29) is 12.3 Å². The molecule has 0 aliphatic carbocycles. The number of aromatic nitrogens is 1. The van der Waals surface area contributed by atoms with E-state index in [4.69, 9.17) is 9.15 Å². The van der Waals surface area contributed by atoms with Gasteiger partial charge in [-0.3, -0.25) is 14.2 Å². The first kappa shape index (κ1) is 17.7. The summed E-state index contributed by atoms with van der Waals surface area (Å²) in [5.41, 5.74) is 2.50. The second kappa shape index (κ2) is 7.39. The molecule has 0 radical (unpaired) electrons. The first-order valence-corrected chi connectivity index (χ1v) is 8.40. The molecule has 0 N–H and O–H groups in total. The highest BCUT2D eigenvalue weighted by Crippen LogP contribution is 2.13. The number of carbonyl (C=O) groups is 2. The predicted octanol–water partition coefficient (Wildman–Crippen LogP) is 2.97. The van der Waals surface area contributed by atoms with E-state index in [1.165, 1.54) is 11.5 Å². The van der Waals surface area contributed by atoms with Crippen LogP contribution in [-0.2, 0) is 22.5 Å². The molecule has 6 heteroatoms.